The van der Waals surface area contributed by atoms with Crippen LogP contribution in [0.25, 0.3) is 5.69 Å². The van der Waals surface area contributed by atoms with Gasteiger partial charge in [0.1, 0.15) is 16.5 Å². The minimum atomic E-state index is -0.613. The number of hydrogen-bond acceptors (Lipinski definition) is 7. The van der Waals surface area contributed by atoms with E-state index in [0.29, 0.717) is 22.8 Å². The summed E-state index contributed by atoms with van der Waals surface area (Å²) in [6, 6.07) is 7.25. The smallest absolute Gasteiger partial charge is 0.292 e. The molecule has 168 valence electrons. The summed E-state index contributed by atoms with van der Waals surface area (Å²) in [5.41, 5.74) is 0.529. The van der Waals surface area contributed by atoms with Gasteiger partial charge in [0.15, 0.2) is 11.5 Å². The third-order valence-corrected chi connectivity index (χ3v) is 5.15. The highest BCUT2D eigenvalue weighted by molar-refractivity contribution is 6.33. The molecule has 0 saturated carbocycles. The summed E-state index contributed by atoms with van der Waals surface area (Å²) in [7, 11) is 6.13. The molecule has 0 fully saturated rings. The first-order valence-corrected chi connectivity index (χ1v) is 9.87. The van der Waals surface area contributed by atoms with Gasteiger partial charge in [0, 0.05) is 12.6 Å². The molecule has 0 amide bonds. The maximum absolute atomic E-state index is 13.4. The molecule has 0 N–H and O–H groups in total. The number of nitrogens with zero attached hydrogens (tertiary/aromatic N) is 4. The Hall–Kier alpha value is -3.30. The van der Waals surface area contributed by atoms with Gasteiger partial charge in [-0.1, -0.05) is 23.2 Å². The number of rotatable bonds is 7. The Kier molecular flexibility index (Phi) is 7.22. The SMILES string of the molecule is COc1ccc(/C=N\N(C)c2cnn(-c3ccc(F)c(Cl)c3)c(=O)c2Cl)c(OC)c1OC. The number of anilines is 1. The fourth-order valence-electron chi connectivity index (χ4n) is 2.89. The van der Waals surface area contributed by atoms with Gasteiger partial charge in [-0.2, -0.15) is 14.9 Å². The Labute approximate surface area is 193 Å². The first kappa shape index (κ1) is 23.4. The number of halogens is 3. The average molecular weight is 481 g/mol. The fraction of sp³-hybridized carbons (Fsp3) is 0.190. The van der Waals surface area contributed by atoms with Crippen LogP contribution >= 0.6 is 23.2 Å². The highest BCUT2D eigenvalue weighted by Crippen LogP contribution is 2.39. The van der Waals surface area contributed by atoms with Gasteiger partial charge in [-0.15, -0.1) is 0 Å². The van der Waals surface area contributed by atoms with Gasteiger partial charge in [0.25, 0.3) is 5.56 Å². The van der Waals surface area contributed by atoms with Crippen molar-refractivity contribution in [2.24, 2.45) is 5.10 Å². The summed E-state index contributed by atoms with van der Waals surface area (Å²) < 4.78 is 30.5. The molecular weight excluding hydrogens is 462 g/mol. The fourth-order valence-corrected chi connectivity index (χ4v) is 3.31. The zero-order chi connectivity index (χ0) is 23.4. The summed E-state index contributed by atoms with van der Waals surface area (Å²) in [6.07, 6.45) is 2.88. The van der Waals surface area contributed by atoms with Crippen LogP contribution in [0.2, 0.25) is 10.0 Å². The Bertz CT molecular complexity index is 1230. The normalized spacial score (nSPS) is 11.0. The maximum Gasteiger partial charge on any atom is 0.292 e. The van der Waals surface area contributed by atoms with Crippen LogP contribution in [0.4, 0.5) is 10.1 Å². The van der Waals surface area contributed by atoms with E-state index in [2.05, 4.69) is 10.2 Å². The van der Waals surface area contributed by atoms with Crippen LogP contribution in [-0.2, 0) is 0 Å². The minimum absolute atomic E-state index is 0.126. The van der Waals surface area contributed by atoms with Crippen molar-refractivity contribution in [3.8, 4) is 22.9 Å². The Morgan fingerprint density at radius 1 is 1.09 bits per heavy atom. The highest BCUT2D eigenvalue weighted by Gasteiger charge is 2.17. The summed E-state index contributed by atoms with van der Waals surface area (Å²) in [5, 5.41) is 9.55. The van der Waals surface area contributed by atoms with E-state index in [4.69, 9.17) is 37.4 Å². The molecule has 0 radical (unpaired) electrons. The molecule has 11 heteroatoms. The predicted molar refractivity (Wildman–Crippen MR) is 122 cm³/mol. The van der Waals surface area contributed by atoms with Gasteiger partial charge in [0.05, 0.1) is 44.5 Å². The molecule has 2 aromatic carbocycles. The van der Waals surface area contributed by atoms with Crippen LogP contribution in [0.15, 0.2) is 46.4 Å². The summed E-state index contributed by atoms with van der Waals surface area (Å²) in [5.74, 6) is 0.746. The van der Waals surface area contributed by atoms with Crippen molar-refractivity contribution in [2.75, 3.05) is 33.4 Å². The first-order valence-electron chi connectivity index (χ1n) is 9.12. The number of hydrogen-bond donors (Lipinski definition) is 0. The lowest BCUT2D eigenvalue weighted by Crippen LogP contribution is -2.24. The van der Waals surface area contributed by atoms with E-state index in [1.165, 1.54) is 50.9 Å². The van der Waals surface area contributed by atoms with Crippen LogP contribution < -0.4 is 24.8 Å². The Morgan fingerprint density at radius 2 is 1.81 bits per heavy atom. The van der Waals surface area contributed by atoms with Crippen LogP contribution in [-0.4, -0.2) is 44.4 Å². The average Bonchev–Trinajstić information content (AvgIpc) is 2.80. The van der Waals surface area contributed by atoms with Gasteiger partial charge in [-0.3, -0.25) is 9.80 Å². The van der Waals surface area contributed by atoms with Crippen molar-refractivity contribution >= 4 is 35.1 Å². The zero-order valence-corrected chi connectivity index (χ0v) is 19.1. The third kappa shape index (κ3) is 4.49. The molecule has 0 aliphatic carbocycles. The van der Waals surface area contributed by atoms with Crippen LogP contribution in [0, 0.1) is 5.82 Å². The molecule has 0 aliphatic rings. The molecule has 0 spiro atoms. The lowest BCUT2D eigenvalue weighted by molar-refractivity contribution is 0.324. The van der Waals surface area contributed by atoms with Gasteiger partial charge >= 0.3 is 0 Å². The van der Waals surface area contributed by atoms with E-state index in [1.54, 1.807) is 19.2 Å². The number of methoxy groups -OCH3 is 3. The van der Waals surface area contributed by atoms with Crippen molar-refractivity contribution in [3.05, 3.63) is 68.3 Å². The topological polar surface area (TPSA) is 78.2 Å². The monoisotopic (exact) mass is 480 g/mol. The molecule has 0 aliphatic heterocycles. The van der Waals surface area contributed by atoms with Crippen molar-refractivity contribution in [3.63, 3.8) is 0 Å². The summed E-state index contributed by atoms with van der Waals surface area (Å²) >= 11 is 12.1. The van der Waals surface area contributed by atoms with E-state index in [1.807, 2.05) is 0 Å². The molecule has 3 aromatic rings. The molecule has 1 aromatic heterocycles. The molecule has 8 nitrogen and oxygen atoms in total. The molecule has 0 saturated heterocycles. The Morgan fingerprint density at radius 3 is 2.44 bits per heavy atom. The second kappa shape index (κ2) is 9.88. The molecule has 0 unspecified atom stereocenters. The maximum atomic E-state index is 13.4. The van der Waals surface area contributed by atoms with Gasteiger partial charge < -0.3 is 14.2 Å². The Balaban J connectivity index is 1.94. The van der Waals surface area contributed by atoms with Gasteiger partial charge in [-0.25, -0.2) is 4.39 Å². The van der Waals surface area contributed by atoms with Crippen molar-refractivity contribution < 1.29 is 18.6 Å². The van der Waals surface area contributed by atoms with Gasteiger partial charge in [-0.05, 0) is 30.3 Å². The highest BCUT2D eigenvalue weighted by atomic mass is 35.5. The largest absolute Gasteiger partial charge is 0.493 e. The van der Waals surface area contributed by atoms with Crippen LogP contribution in [0.1, 0.15) is 5.56 Å². The lowest BCUT2D eigenvalue weighted by atomic mass is 10.2. The number of aromatic nitrogens is 2. The summed E-state index contributed by atoms with van der Waals surface area (Å²) in [6.45, 7) is 0. The van der Waals surface area contributed by atoms with Crippen LogP contribution in [0.3, 0.4) is 0 Å². The quantitative estimate of drug-likeness (QED) is 0.373. The van der Waals surface area contributed by atoms with E-state index in [9.17, 15) is 9.18 Å². The van der Waals surface area contributed by atoms with Crippen molar-refractivity contribution in [2.45, 2.75) is 0 Å². The summed E-state index contributed by atoms with van der Waals surface area (Å²) in [4.78, 5) is 12.7. The standard InChI is InChI=1S/C21H19Cl2FN4O4/c1-27(25-10-12-5-8-17(30-2)20(32-4)19(12)31-3)16-11-26-28(21(29)18(16)23)13-6-7-15(24)14(22)9-13/h5-11H,1-4H3/b25-10-. The minimum Gasteiger partial charge on any atom is -0.493 e. The second-order valence-corrected chi connectivity index (χ2v) is 7.14. The first-order chi connectivity index (χ1) is 15.3. The van der Waals surface area contributed by atoms with Gasteiger partial charge in [0.2, 0.25) is 5.75 Å². The van der Waals surface area contributed by atoms with Crippen molar-refractivity contribution in [1.29, 1.82) is 0 Å². The van der Waals surface area contributed by atoms with Crippen molar-refractivity contribution in [1.82, 2.24) is 9.78 Å². The van der Waals surface area contributed by atoms with E-state index in [-0.39, 0.29) is 21.4 Å². The molecule has 1 heterocycles. The number of benzene rings is 2. The predicted octanol–water partition coefficient (Wildman–Crippen LogP) is 4.17. The lowest BCUT2D eigenvalue weighted by Gasteiger charge is -2.16. The van der Waals surface area contributed by atoms with Crippen LogP contribution in [0.5, 0.6) is 17.2 Å². The second-order valence-electron chi connectivity index (χ2n) is 6.35. The third-order valence-electron chi connectivity index (χ3n) is 4.50. The molecular formula is C21H19Cl2FN4O4. The number of hydrazone groups is 1. The van der Waals surface area contributed by atoms with E-state index < -0.39 is 11.4 Å². The number of ether oxygens (including phenoxy) is 3. The molecule has 0 atom stereocenters. The molecule has 3 rings (SSSR count). The molecule has 32 heavy (non-hydrogen) atoms. The molecule has 0 bridgehead atoms. The zero-order valence-electron chi connectivity index (χ0n) is 17.6. The van der Waals surface area contributed by atoms with E-state index in [0.717, 1.165) is 10.7 Å². The van der Waals surface area contributed by atoms with E-state index >= 15 is 0 Å².